The first-order valence-corrected chi connectivity index (χ1v) is 2.65. The van der Waals surface area contributed by atoms with E-state index in [2.05, 4.69) is 9.78 Å². The van der Waals surface area contributed by atoms with E-state index < -0.39 is 0 Å². The number of halogens is 1. The number of rotatable bonds is 3. The predicted octanol–water partition coefficient (Wildman–Crippen LogP) is 1.54. The van der Waals surface area contributed by atoms with Crippen molar-refractivity contribution in [3.05, 3.63) is 0 Å². The molecule has 0 aliphatic heterocycles. The van der Waals surface area contributed by atoms with Crippen LogP contribution in [0.5, 0.6) is 0 Å². The van der Waals surface area contributed by atoms with Crippen molar-refractivity contribution in [3.63, 3.8) is 0 Å². The molecule has 0 saturated carbocycles. The van der Waals surface area contributed by atoms with Gasteiger partial charge in [0.1, 0.15) is 0 Å². The van der Waals surface area contributed by atoms with Crippen molar-refractivity contribution in [2.45, 2.75) is 20.0 Å². The van der Waals surface area contributed by atoms with E-state index in [-0.39, 0.29) is 12.2 Å². The molecule has 0 aromatic rings. The lowest BCUT2D eigenvalue weighted by molar-refractivity contribution is -0.303. The van der Waals surface area contributed by atoms with Crippen molar-refractivity contribution in [3.8, 4) is 0 Å². The van der Waals surface area contributed by atoms with Gasteiger partial charge in [-0.25, -0.2) is 9.78 Å². The lowest BCUT2D eigenvalue weighted by atomic mass is 10.5. The van der Waals surface area contributed by atoms with Gasteiger partial charge in [0.25, 0.3) is 0 Å². The minimum absolute atomic E-state index is 0.0954. The molecule has 0 spiro atoms. The van der Waals surface area contributed by atoms with Crippen LogP contribution in [0, 0.1) is 0 Å². The van der Waals surface area contributed by atoms with E-state index in [0.717, 1.165) is 0 Å². The van der Waals surface area contributed by atoms with E-state index in [4.69, 9.17) is 11.6 Å². The average Bonchev–Trinajstić information content (AvgIpc) is 1.61. The minimum Gasteiger partial charge on any atom is -0.233 e. The summed E-state index contributed by atoms with van der Waals surface area (Å²) in [4.78, 5) is 8.92. The van der Waals surface area contributed by atoms with Crippen LogP contribution in [0.2, 0.25) is 0 Å². The van der Waals surface area contributed by atoms with Crippen LogP contribution in [0.4, 0.5) is 0 Å². The van der Waals surface area contributed by atoms with Gasteiger partial charge in [0.05, 0.1) is 6.10 Å². The summed E-state index contributed by atoms with van der Waals surface area (Å²) in [6, 6.07) is 0.0954. The number of hydrogen-bond donors (Lipinski definition) is 0. The standard InChI is InChI=1S/C4H9ClO2/c1-4(2)7-6-3-5/h4H,3H2,1-2H3. The second-order valence-electron chi connectivity index (χ2n) is 1.37. The highest BCUT2D eigenvalue weighted by Crippen LogP contribution is 1.88. The van der Waals surface area contributed by atoms with Crippen molar-refractivity contribution in [2.24, 2.45) is 0 Å². The van der Waals surface area contributed by atoms with E-state index in [1.165, 1.54) is 0 Å². The maximum absolute atomic E-state index is 5.10. The molecule has 0 saturated heterocycles. The Morgan fingerprint density at radius 1 is 1.57 bits per heavy atom. The predicted molar refractivity (Wildman–Crippen MR) is 28.0 cm³/mol. The van der Waals surface area contributed by atoms with Gasteiger partial charge < -0.3 is 0 Å². The lowest BCUT2D eigenvalue weighted by Gasteiger charge is -2.01. The van der Waals surface area contributed by atoms with Gasteiger partial charge in [-0.05, 0) is 13.8 Å². The smallest absolute Gasteiger partial charge is 0.156 e. The van der Waals surface area contributed by atoms with Crippen LogP contribution in [0.15, 0.2) is 0 Å². The molecule has 0 aliphatic rings. The van der Waals surface area contributed by atoms with E-state index >= 15 is 0 Å². The van der Waals surface area contributed by atoms with Crippen LogP contribution in [0.1, 0.15) is 13.8 Å². The molecule has 0 rings (SSSR count). The van der Waals surface area contributed by atoms with Crippen molar-refractivity contribution in [1.82, 2.24) is 0 Å². The maximum atomic E-state index is 5.10. The molecular formula is C4H9ClO2. The summed E-state index contributed by atoms with van der Waals surface area (Å²) in [5.74, 6) is 0. The summed E-state index contributed by atoms with van der Waals surface area (Å²) < 4.78 is 0. The van der Waals surface area contributed by atoms with Crippen LogP contribution in [-0.2, 0) is 9.78 Å². The van der Waals surface area contributed by atoms with Crippen LogP contribution in [0.3, 0.4) is 0 Å². The highest BCUT2D eigenvalue weighted by atomic mass is 35.5. The lowest BCUT2D eigenvalue weighted by Crippen LogP contribution is -2.01. The van der Waals surface area contributed by atoms with Gasteiger partial charge >= 0.3 is 0 Å². The molecule has 0 fully saturated rings. The van der Waals surface area contributed by atoms with E-state index in [9.17, 15) is 0 Å². The fourth-order valence-electron chi connectivity index (χ4n) is 0.162. The molecule has 0 aromatic carbocycles. The molecule has 0 radical (unpaired) electrons. The summed E-state index contributed by atoms with van der Waals surface area (Å²) >= 11 is 5.10. The van der Waals surface area contributed by atoms with Gasteiger partial charge in [-0.2, -0.15) is 0 Å². The highest BCUT2D eigenvalue weighted by Gasteiger charge is 1.88. The molecule has 0 amide bonds. The molecule has 0 atom stereocenters. The molecule has 0 N–H and O–H groups in total. The van der Waals surface area contributed by atoms with Crippen LogP contribution < -0.4 is 0 Å². The van der Waals surface area contributed by atoms with Gasteiger partial charge in [0, 0.05) is 0 Å². The third kappa shape index (κ3) is 6.21. The second kappa shape index (κ2) is 4.37. The molecule has 0 unspecified atom stereocenters. The Kier molecular flexibility index (Phi) is 4.50. The Morgan fingerprint density at radius 3 is 2.29 bits per heavy atom. The molecular weight excluding hydrogens is 115 g/mol. The van der Waals surface area contributed by atoms with Crippen molar-refractivity contribution in [2.75, 3.05) is 6.07 Å². The average molecular weight is 125 g/mol. The Hall–Kier alpha value is 0.210. The third-order valence-corrected chi connectivity index (χ3v) is 0.394. The summed E-state index contributed by atoms with van der Waals surface area (Å²) in [5, 5.41) is 0. The molecule has 44 valence electrons. The largest absolute Gasteiger partial charge is 0.233 e. The molecule has 0 aromatic heterocycles. The fourth-order valence-corrected chi connectivity index (χ4v) is 0.213. The highest BCUT2D eigenvalue weighted by molar-refractivity contribution is 6.17. The van der Waals surface area contributed by atoms with Gasteiger partial charge in [-0.1, -0.05) is 11.6 Å². The van der Waals surface area contributed by atoms with Crippen LogP contribution in [-0.4, -0.2) is 12.2 Å². The molecule has 0 aliphatic carbocycles. The second-order valence-corrected chi connectivity index (χ2v) is 1.59. The monoisotopic (exact) mass is 124 g/mol. The zero-order valence-electron chi connectivity index (χ0n) is 4.48. The normalized spacial score (nSPS) is 10.3. The summed E-state index contributed by atoms with van der Waals surface area (Å²) in [5.41, 5.74) is 0. The summed E-state index contributed by atoms with van der Waals surface area (Å²) in [6.45, 7) is 3.74. The zero-order chi connectivity index (χ0) is 5.70. The fraction of sp³-hybridized carbons (Fsp3) is 1.00. The third-order valence-electron chi connectivity index (χ3n) is 0.305. The van der Waals surface area contributed by atoms with Crippen LogP contribution >= 0.6 is 11.6 Å². The first kappa shape index (κ1) is 7.21. The van der Waals surface area contributed by atoms with E-state index in [1.807, 2.05) is 13.8 Å². The molecule has 0 heterocycles. The van der Waals surface area contributed by atoms with E-state index in [1.54, 1.807) is 0 Å². The van der Waals surface area contributed by atoms with Gasteiger partial charge in [0.15, 0.2) is 6.07 Å². The number of hydrogen-bond acceptors (Lipinski definition) is 2. The topological polar surface area (TPSA) is 18.5 Å². The Balaban J connectivity index is 2.68. The van der Waals surface area contributed by atoms with Gasteiger partial charge in [-0.15, -0.1) is 0 Å². The summed E-state index contributed by atoms with van der Waals surface area (Å²) in [6.07, 6.45) is 0.0961. The molecule has 7 heavy (non-hydrogen) atoms. The molecule has 0 bridgehead atoms. The minimum atomic E-state index is 0.0954. The van der Waals surface area contributed by atoms with Crippen molar-refractivity contribution in [1.29, 1.82) is 0 Å². The van der Waals surface area contributed by atoms with E-state index in [0.29, 0.717) is 0 Å². The number of alkyl halides is 1. The van der Waals surface area contributed by atoms with Crippen LogP contribution in [0.25, 0.3) is 0 Å². The Labute approximate surface area is 48.3 Å². The SMILES string of the molecule is CC(C)OOCCl. The molecule has 3 heteroatoms. The molecule has 2 nitrogen and oxygen atoms in total. The van der Waals surface area contributed by atoms with Gasteiger partial charge in [0.2, 0.25) is 0 Å². The van der Waals surface area contributed by atoms with Gasteiger partial charge in [-0.3, -0.25) is 0 Å². The van der Waals surface area contributed by atoms with Crippen molar-refractivity contribution >= 4 is 11.6 Å². The summed E-state index contributed by atoms with van der Waals surface area (Å²) in [7, 11) is 0. The first-order valence-electron chi connectivity index (χ1n) is 2.11. The van der Waals surface area contributed by atoms with Crippen molar-refractivity contribution < 1.29 is 9.78 Å². The Bertz CT molecular complexity index is 38.7. The zero-order valence-corrected chi connectivity index (χ0v) is 5.23. The quantitative estimate of drug-likeness (QED) is 0.323. The first-order chi connectivity index (χ1) is 3.27. The maximum Gasteiger partial charge on any atom is 0.156 e. The Morgan fingerprint density at radius 2 is 2.14 bits per heavy atom.